The molecule has 0 aliphatic carbocycles. The minimum Gasteiger partial charge on any atom is -0.492 e. The van der Waals surface area contributed by atoms with Gasteiger partial charge in [-0.15, -0.1) is 0 Å². The average Bonchev–Trinajstić information content (AvgIpc) is 3.22. The molecule has 3 aromatic rings. The number of amides is 4. The van der Waals surface area contributed by atoms with Crippen LogP contribution in [-0.4, -0.2) is 147 Å². The molecule has 0 bridgehead atoms. The molecule has 3 fully saturated rings. The van der Waals surface area contributed by atoms with E-state index in [0.29, 0.717) is 88.4 Å². The number of hydrogen-bond donors (Lipinski definition) is 0. The third-order valence-corrected chi connectivity index (χ3v) is 16.0. The zero-order valence-corrected chi connectivity index (χ0v) is 57.2. The highest BCUT2D eigenvalue weighted by molar-refractivity contribution is 8.13. The van der Waals surface area contributed by atoms with Crippen LogP contribution in [0.5, 0.6) is 5.75 Å². The third-order valence-electron chi connectivity index (χ3n) is 15.1. The van der Waals surface area contributed by atoms with Gasteiger partial charge in [-0.2, -0.15) is 0 Å². The van der Waals surface area contributed by atoms with E-state index in [0.717, 1.165) is 34.0 Å². The second-order valence-electron chi connectivity index (χ2n) is 30.2. The van der Waals surface area contributed by atoms with E-state index >= 15 is 0 Å². The van der Waals surface area contributed by atoms with Gasteiger partial charge in [0.05, 0.1) is 24.3 Å². The van der Waals surface area contributed by atoms with Crippen LogP contribution in [-0.2, 0) is 68.6 Å². The first kappa shape index (κ1) is 71.6. The SMILES string of the molecule is CC(C)(C)OC(=O)[C@@H](Cc1cccc(CN(CCOc2cccc(C[C@H](C(=O)OC(C)(C)C)[C@H]3CCN(C(=O)OC(C)(C)C)C3)c2)C(=O)Sc2cccc(C[C@H](C(=O)OC(C)(C)C)[C@H]3CCN(C(=O)OC(C)(C)C)C3)c2)c1)[C@H]1CCN(C(=O)OC(C)(C)C)C1. The van der Waals surface area contributed by atoms with Gasteiger partial charge < -0.3 is 52.8 Å². The summed E-state index contributed by atoms with van der Waals surface area (Å²) in [6.45, 7) is 35.8. The molecule has 3 aliphatic heterocycles. The Morgan fingerprint density at radius 3 is 1.17 bits per heavy atom. The van der Waals surface area contributed by atoms with Crippen molar-refractivity contribution in [3.63, 3.8) is 0 Å². The second-order valence-corrected chi connectivity index (χ2v) is 31.2. The van der Waals surface area contributed by atoms with Gasteiger partial charge in [-0.05, 0) is 239 Å². The number of nitrogens with zero attached hydrogens (tertiary/aromatic N) is 4. The largest absolute Gasteiger partial charge is 0.492 e. The van der Waals surface area contributed by atoms with Gasteiger partial charge in [0, 0.05) is 50.7 Å². The lowest BCUT2D eigenvalue weighted by molar-refractivity contribution is -0.163. The minimum absolute atomic E-state index is 0.105. The summed E-state index contributed by atoms with van der Waals surface area (Å²) in [6, 6.07) is 23.0. The fourth-order valence-corrected chi connectivity index (χ4v) is 12.1. The number of ether oxygens (including phenoxy) is 7. The van der Waals surface area contributed by atoms with E-state index in [1.54, 1.807) is 19.6 Å². The number of hydrogen-bond acceptors (Lipinski definition) is 15. The molecule has 492 valence electrons. The van der Waals surface area contributed by atoms with Crippen LogP contribution in [0.4, 0.5) is 19.2 Å². The van der Waals surface area contributed by atoms with Gasteiger partial charge in [0.25, 0.3) is 5.24 Å². The molecule has 0 N–H and O–H groups in total. The van der Waals surface area contributed by atoms with E-state index in [-0.39, 0.29) is 60.6 Å². The lowest BCUT2D eigenvalue weighted by atomic mass is 9.85. The predicted molar refractivity (Wildman–Crippen MR) is 343 cm³/mol. The molecule has 0 radical (unpaired) electrons. The fraction of sp³-hybridized carbons (Fsp3) is 0.643. The van der Waals surface area contributed by atoms with Crippen molar-refractivity contribution >= 4 is 53.2 Å². The number of benzene rings is 3. The molecule has 0 spiro atoms. The van der Waals surface area contributed by atoms with Crippen molar-refractivity contribution in [1.29, 1.82) is 0 Å². The highest BCUT2D eigenvalue weighted by Gasteiger charge is 2.43. The van der Waals surface area contributed by atoms with Gasteiger partial charge in [0.2, 0.25) is 0 Å². The molecule has 6 atom stereocenters. The van der Waals surface area contributed by atoms with Gasteiger partial charge >= 0.3 is 36.2 Å². The first-order valence-electron chi connectivity index (χ1n) is 31.6. The van der Waals surface area contributed by atoms with Crippen molar-refractivity contribution in [2.24, 2.45) is 35.5 Å². The molecule has 3 heterocycles. The first-order chi connectivity index (χ1) is 41.1. The maximum atomic E-state index is 14.9. The first-order valence-corrected chi connectivity index (χ1v) is 32.4. The standard InChI is InChI=1S/C70H102N4O14S/c1-65(2,3)83-58(75)55(50-28-31-71(43-50)61(78)86-68(10,11)12)39-46-22-19-25-49(36-46)42-74(34-35-82-53-26-20-23-47(37-53)40-56(59(76)84-66(4,5)6)51-29-32-72(44-51)62(79)87-69(13,14)15)64(81)89-54-27-21-24-48(38-54)41-57(60(77)85-67(7,8)9)52-30-33-73(45-52)63(80)88-70(16,17)18/h19-27,36-38,50-52,55-57H,28-35,39-45H2,1-18H3/t50-,51-,52-,55-,56-,57-/m0/s1. The van der Waals surface area contributed by atoms with E-state index in [4.69, 9.17) is 33.2 Å². The Labute approximate surface area is 534 Å². The van der Waals surface area contributed by atoms with Crippen LogP contribution in [0.1, 0.15) is 166 Å². The van der Waals surface area contributed by atoms with Gasteiger partial charge in [0.1, 0.15) is 46.0 Å². The summed E-state index contributed by atoms with van der Waals surface area (Å²) in [7, 11) is 0. The Kier molecular flexibility index (Phi) is 23.8. The van der Waals surface area contributed by atoms with Gasteiger partial charge in [-0.1, -0.05) is 48.5 Å². The van der Waals surface area contributed by atoms with Gasteiger partial charge in [0.15, 0.2) is 0 Å². The number of carbonyl (C=O) groups is 7. The van der Waals surface area contributed by atoms with Crippen LogP contribution in [0.2, 0.25) is 0 Å². The molecular weight excluding hydrogens is 1150 g/mol. The van der Waals surface area contributed by atoms with Crippen LogP contribution in [0.3, 0.4) is 0 Å². The summed E-state index contributed by atoms with van der Waals surface area (Å²) in [5.41, 5.74) is -0.861. The lowest BCUT2D eigenvalue weighted by Gasteiger charge is -2.28. The van der Waals surface area contributed by atoms with Crippen molar-refractivity contribution in [2.75, 3.05) is 52.4 Å². The Hall–Kier alpha value is -6.50. The smallest absolute Gasteiger partial charge is 0.410 e. The summed E-state index contributed by atoms with van der Waals surface area (Å²) in [5.74, 6) is -2.75. The Morgan fingerprint density at radius 2 is 0.787 bits per heavy atom. The molecule has 0 aromatic heterocycles. The molecule has 19 heteroatoms. The van der Waals surface area contributed by atoms with E-state index < -0.39 is 69.6 Å². The number of likely N-dealkylation sites (tertiary alicyclic amines) is 3. The van der Waals surface area contributed by atoms with Crippen LogP contribution in [0.15, 0.2) is 77.7 Å². The van der Waals surface area contributed by atoms with E-state index in [1.807, 2.05) is 197 Å². The van der Waals surface area contributed by atoms with Crippen LogP contribution >= 0.6 is 11.8 Å². The number of rotatable bonds is 19. The zero-order valence-electron chi connectivity index (χ0n) is 56.4. The molecule has 18 nitrogen and oxygen atoms in total. The molecule has 6 rings (SSSR count). The molecule has 3 saturated heterocycles. The summed E-state index contributed by atoms with van der Waals surface area (Å²) in [5, 5.41) is -0.255. The number of esters is 3. The Balaban J connectivity index is 1.25. The topological polar surface area (TPSA) is 197 Å². The van der Waals surface area contributed by atoms with Crippen molar-refractivity contribution in [2.45, 2.75) is 208 Å². The zero-order chi connectivity index (χ0) is 66.0. The molecule has 0 saturated carbocycles. The Morgan fingerprint density at radius 1 is 0.449 bits per heavy atom. The number of carbonyl (C=O) groups excluding carboxylic acids is 7. The van der Waals surface area contributed by atoms with Crippen molar-refractivity contribution in [3.8, 4) is 5.75 Å². The maximum Gasteiger partial charge on any atom is 0.410 e. The second kappa shape index (κ2) is 29.6. The summed E-state index contributed by atoms with van der Waals surface area (Å²) in [4.78, 5) is 104. The maximum absolute atomic E-state index is 14.9. The average molecular weight is 1260 g/mol. The van der Waals surface area contributed by atoms with Crippen molar-refractivity contribution in [1.82, 2.24) is 19.6 Å². The van der Waals surface area contributed by atoms with Crippen LogP contribution in [0, 0.1) is 35.5 Å². The van der Waals surface area contributed by atoms with Crippen LogP contribution in [0.25, 0.3) is 0 Å². The summed E-state index contributed by atoms with van der Waals surface area (Å²) < 4.78 is 41.5. The van der Waals surface area contributed by atoms with Gasteiger partial charge in [-0.3, -0.25) is 19.2 Å². The molecule has 3 aliphatic rings. The predicted octanol–water partition coefficient (Wildman–Crippen LogP) is 13.8. The monoisotopic (exact) mass is 1250 g/mol. The normalized spacial score (nSPS) is 18.6. The summed E-state index contributed by atoms with van der Waals surface area (Å²) in [6.07, 6.45) is 1.56. The molecule has 89 heavy (non-hydrogen) atoms. The minimum atomic E-state index is -0.742. The van der Waals surface area contributed by atoms with Crippen molar-refractivity contribution < 1.29 is 66.7 Å². The highest BCUT2D eigenvalue weighted by atomic mass is 32.2. The summed E-state index contributed by atoms with van der Waals surface area (Å²) >= 11 is 1.06. The Bertz CT molecular complexity index is 2940. The highest BCUT2D eigenvalue weighted by Crippen LogP contribution is 2.36. The van der Waals surface area contributed by atoms with E-state index in [9.17, 15) is 33.6 Å². The number of thioether (sulfide) groups is 1. The quantitative estimate of drug-likeness (QED) is 0.0624. The van der Waals surface area contributed by atoms with E-state index in [2.05, 4.69) is 0 Å². The molecule has 4 amide bonds. The van der Waals surface area contributed by atoms with Gasteiger partial charge in [-0.25, -0.2) is 14.4 Å². The molecule has 3 aromatic carbocycles. The molecule has 0 unspecified atom stereocenters. The van der Waals surface area contributed by atoms with Crippen LogP contribution < -0.4 is 4.74 Å². The van der Waals surface area contributed by atoms with Crippen molar-refractivity contribution in [3.05, 3.63) is 95.1 Å². The fourth-order valence-electron chi connectivity index (χ4n) is 11.3. The lowest BCUT2D eigenvalue weighted by Crippen LogP contribution is -2.38. The third kappa shape index (κ3) is 24.0. The van der Waals surface area contributed by atoms with E-state index in [1.165, 1.54) is 0 Å². The molecular formula is C70H102N4O14S.